The average Bonchev–Trinajstić information content (AvgIpc) is 3.09. The Hall–Kier alpha value is -2.07. The van der Waals surface area contributed by atoms with Gasteiger partial charge < -0.3 is 9.73 Å². The van der Waals surface area contributed by atoms with Crippen LogP contribution in [-0.2, 0) is 17.8 Å². The van der Waals surface area contributed by atoms with E-state index in [2.05, 4.69) is 34.5 Å². The van der Waals surface area contributed by atoms with Gasteiger partial charge >= 0.3 is 0 Å². The quantitative estimate of drug-likeness (QED) is 0.890. The molecular formula is C19H24N2O2. The first kappa shape index (κ1) is 15.8. The predicted octanol–water partition coefficient (Wildman–Crippen LogP) is 3.30. The van der Waals surface area contributed by atoms with E-state index < -0.39 is 0 Å². The van der Waals surface area contributed by atoms with Crippen molar-refractivity contribution in [1.82, 2.24) is 10.2 Å². The van der Waals surface area contributed by atoms with Gasteiger partial charge in [0.05, 0.1) is 12.3 Å². The Labute approximate surface area is 137 Å². The number of carbonyl (C=O) groups excluding carboxylic acids is 1. The molecule has 1 aliphatic heterocycles. The molecule has 0 fully saturated rings. The van der Waals surface area contributed by atoms with Crippen molar-refractivity contribution in [2.45, 2.75) is 38.8 Å². The molecule has 4 heteroatoms. The van der Waals surface area contributed by atoms with Gasteiger partial charge in [-0.25, -0.2) is 0 Å². The lowest BCUT2D eigenvalue weighted by Gasteiger charge is -2.34. The molecule has 0 spiro atoms. The highest BCUT2D eigenvalue weighted by Gasteiger charge is 2.26. The minimum Gasteiger partial charge on any atom is -0.468 e. The van der Waals surface area contributed by atoms with E-state index in [1.165, 1.54) is 11.1 Å². The van der Waals surface area contributed by atoms with E-state index in [0.717, 1.165) is 31.7 Å². The van der Waals surface area contributed by atoms with Gasteiger partial charge in [-0.3, -0.25) is 9.69 Å². The molecular weight excluding hydrogens is 288 g/mol. The lowest BCUT2D eigenvalue weighted by molar-refractivity contribution is -0.121. The molecule has 1 amide bonds. The van der Waals surface area contributed by atoms with Crippen LogP contribution in [0.3, 0.4) is 0 Å². The molecule has 0 saturated heterocycles. The van der Waals surface area contributed by atoms with Crippen LogP contribution in [0.25, 0.3) is 0 Å². The van der Waals surface area contributed by atoms with Crippen LogP contribution in [0.5, 0.6) is 0 Å². The van der Waals surface area contributed by atoms with Gasteiger partial charge in [-0.05, 0) is 36.1 Å². The Morgan fingerprint density at radius 1 is 1.26 bits per heavy atom. The summed E-state index contributed by atoms with van der Waals surface area (Å²) < 4.78 is 5.64. The highest BCUT2D eigenvalue weighted by Crippen LogP contribution is 2.27. The van der Waals surface area contributed by atoms with Gasteiger partial charge in [0.25, 0.3) is 0 Å². The SMILES string of the molecule is CCCC(=O)NC[C@@H](c1ccco1)N1CCc2ccccc2C1. The molecule has 1 N–H and O–H groups in total. The number of amides is 1. The van der Waals surface area contributed by atoms with Crippen LogP contribution in [-0.4, -0.2) is 23.9 Å². The highest BCUT2D eigenvalue weighted by molar-refractivity contribution is 5.75. The smallest absolute Gasteiger partial charge is 0.220 e. The number of furan rings is 1. The number of nitrogens with one attached hydrogen (secondary N) is 1. The second-order valence-corrected chi connectivity index (χ2v) is 6.07. The monoisotopic (exact) mass is 312 g/mol. The number of benzene rings is 1. The van der Waals surface area contributed by atoms with Crippen LogP contribution in [0, 0.1) is 0 Å². The average molecular weight is 312 g/mol. The topological polar surface area (TPSA) is 45.5 Å². The summed E-state index contributed by atoms with van der Waals surface area (Å²) in [5.41, 5.74) is 2.80. The third-order valence-corrected chi connectivity index (χ3v) is 4.44. The molecule has 2 heterocycles. The minimum absolute atomic E-state index is 0.0826. The van der Waals surface area contributed by atoms with Gasteiger partial charge in [-0.1, -0.05) is 31.2 Å². The van der Waals surface area contributed by atoms with Gasteiger partial charge in [-0.2, -0.15) is 0 Å². The maximum atomic E-state index is 11.8. The van der Waals surface area contributed by atoms with E-state index in [4.69, 9.17) is 4.42 Å². The standard InChI is InChI=1S/C19H24N2O2/c1-2-6-19(22)20-13-17(18-9-5-12-23-18)21-11-10-15-7-3-4-8-16(15)14-21/h3-5,7-9,12,17H,2,6,10-11,13-14H2,1H3,(H,20,22)/t17-/m0/s1. The zero-order chi connectivity index (χ0) is 16.1. The molecule has 1 atom stereocenters. The zero-order valence-corrected chi connectivity index (χ0v) is 13.6. The molecule has 1 aromatic carbocycles. The lowest BCUT2D eigenvalue weighted by Crippen LogP contribution is -2.40. The first-order chi connectivity index (χ1) is 11.3. The van der Waals surface area contributed by atoms with Crippen LogP contribution in [0.2, 0.25) is 0 Å². The maximum Gasteiger partial charge on any atom is 0.220 e. The van der Waals surface area contributed by atoms with Gasteiger partial charge in [0.2, 0.25) is 5.91 Å². The van der Waals surface area contributed by atoms with Crippen molar-refractivity contribution in [1.29, 1.82) is 0 Å². The summed E-state index contributed by atoms with van der Waals surface area (Å²) >= 11 is 0. The van der Waals surface area contributed by atoms with E-state index in [1.807, 2.05) is 19.1 Å². The molecule has 0 radical (unpaired) electrons. The maximum absolute atomic E-state index is 11.8. The fourth-order valence-corrected chi connectivity index (χ4v) is 3.20. The van der Waals surface area contributed by atoms with E-state index in [1.54, 1.807) is 6.26 Å². The van der Waals surface area contributed by atoms with E-state index >= 15 is 0 Å². The summed E-state index contributed by atoms with van der Waals surface area (Å²) in [6, 6.07) is 12.6. The molecule has 23 heavy (non-hydrogen) atoms. The largest absolute Gasteiger partial charge is 0.468 e. The van der Waals surface area contributed by atoms with Gasteiger partial charge in [0.15, 0.2) is 0 Å². The third-order valence-electron chi connectivity index (χ3n) is 4.44. The Morgan fingerprint density at radius 2 is 2.09 bits per heavy atom. The van der Waals surface area contributed by atoms with Crippen LogP contribution in [0.4, 0.5) is 0 Å². The van der Waals surface area contributed by atoms with Crippen LogP contribution >= 0.6 is 0 Å². The molecule has 0 aliphatic carbocycles. The summed E-state index contributed by atoms with van der Waals surface area (Å²) in [4.78, 5) is 14.2. The fraction of sp³-hybridized carbons (Fsp3) is 0.421. The molecule has 0 unspecified atom stereocenters. The van der Waals surface area contributed by atoms with Crippen molar-refractivity contribution in [3.63, 3.8) is 0 Å². The Morgan fingerprint density at radius 3 is 2.83 bits per heavy atom. The predicted molar refractivity (Wildman–Crippen MR) is 89.9 cm³/mol. The Bertz CT molecular complexity index is 637. The summed E-state index contributed by atoms with van der Waals surface area (Å²) in [6.45, 7) is 4.48. The fourth-order valence-electron chi connectivity index (χ4n) is 3.20. The van der Waals surface area contributed by atoms with E-state index in [0.29, 0.717) is 13.0 Å². The molecule has 2 aromatic rings. The molecule has 1 aromatic heterocycles. The number of hydrogen-bond acceptors (Lipinski definition) is 3. The normalized spacial score (nSPS) is 15.9. The van der Waals surface area contributed by atoms with Crippen LogP contribution in [0.1, 0.15) is 42.7 Å². The second-order valence-electron chi connectivity index (χ2n) is 6.07. The molecule has 4 nitrogen and oxygen atoms in total. The van der Waals surface area contributed by atoms with Crippen molar-refractivity contribution in [2.75, 3.05) is 13.1 Å². The number of carbonyl (C=O) groups is 1. The first-order valence-corrected chi connectivity index (χ1v) is 8.39. The van der Waals surface area contributed by atoms with Crippen molar-refractivity contribution >= 4 is 5.91 Å². The van der Waals surface area contributed by atoms with Crippen LogP contribution in [0.15, 0.2) is 47.1 Å². The first-order valence-electron chi connectivity index (χ1n) is 8.39. The van der Waals surface area contributed by atoms with E-state index in [9.17, 15) is 4.79 Å². The summed E-state index contributed by atoms with van der Waals surface area (Å²) in [7, 11) is 0. The Kier molecular flexibility index (Phi) is 5.13. The summed E-state index contributed by atoms with van der Waals surface area (Å²) in [6.07, 6.45) is 4.19. The van der Waals surface area contributed by atoms with Crippen molar-refractivity contribution < 1.29 is 9.21 Å². The minimum atomic E-state index is 0.0826. The summed E-state index contributed by atoms with van der Waals surface area (Å²) in [5.74, 6) is 1.03. The Balaban J connectivity index is 1.73. The molecule has 0 bridgehead atoms. The van der Waals surface area contributed by atoms with E-state index in [-0.39, 0.29) is 11.9 Å². The number of fused-ring (bicyclic) bond motifs is 1. The third kappa shape index (κ3) is 3.82. The van der Waals surface area contributed by atoms with Crippen molar-refractivity contribution in [2.24, 2.45) is 0 Å². The van der Waals surface area contributed by atoms with Crippen LogP contribution < -0.4 is 5.32 Å². The number of hydrogen-bond donors (Lipinski definition) is 1. The zero-order valence-electron chi connectivity index (χ0n) is 13.6. The van der Waals surface area contributed by atoms with Gasteiger partial charge in [0.1, 0.15) is 5.76 Å². The molecule has 3 rings (SSSR count). The summed E-state index contributed by atoms with van der Waals surface area (Å²) in [5, 5.41) is 3.05. The van der Waals surface area contributed by atoms with Gasteiger partial charge in [-0.15, -0.1) is 0 Å². The molecule has 1 aliphatic rings. The highest BCUT2D eigenvalue weighted by atomic mass is 16.3. The molecule has 122 valence electrons. The lowest BCUT2D eigenvalue weighted by atomic mass is 9.98. The van der Waals surface area contributed by atoms with Gasteiger partial charge in [0, 0.05) is 26.1 Å². The van der Waals surface area contributed by atoms with Crippen molar-refractivity contribution in [3.05, 3.63) is 59.5 Å². The second kappa shape index (κ2) is 7.47. The number of nitrogens with zero attached hydrogens (tertiary/aromatic N) is 1. The number of rotatable bonds is 6. The molecule has 0 saturated carbocycles. The van der Waals surface area contributed by atoms with Crippen molar-refractivity contribution in [3.8, 4) is 0 Å².